The molecule has 1 N–H and O–H groups in total. The molecular formula is C15H19NO3. The molecule has 0 aromatic heterocycles. The molecule has 2 aliphatic heterocycles. The van der Waals surface area contributed by atoms with Crippen LogP contribution in [-0.4, -0.2) is 35.3 Å². The number of carboxylic acid groups (broad SMARTS) is 1. The monoisotopic (exact) mass is 261 g/mol. The maximum Gasteiger partial charge on any atom is 0.407 e. The van der Waals surface area contributed by atoms with E-state index in [1.165, 1.54) is 16.0 Å². The quantitative estimate of drug-likeness (QED) is 0.845. The van der Waals surface area contributed by atoms with E-state index in [0.29, 0.717) is 19.0 Å². The van der Waals surface area contributed by atoms with Crippen LogP contribution in [0.25, 0.3) is 0 Å². The van der Waals surface area contributed by atoms with Crippen LogP contribution in [0.5, 0.6) is 5.75 Å². The van der Waals surface area contributed by atoms with Gasteiger partial charge >= 0.3 is 6.09 Å². The Morgan fingerprint density at radius 1 is 1.37 bits per heavy atom. The van der Waals surface area contributed by atoms with Crippen LogP contribution in [0, 0.1) is 0 Å². The minimum atomic E-state index is -0.797. The van der Waals surface area contributed by atoms with Crippen molar-refractivity contribution in [3.63, 3.8) is 0 Å². The SMILES string of the molecule is CC1Cc2cc(C3CCN(C(=O)O)CC3)ccc2O1. The second-order valence-electron chi connectivity index (χ2n) is 5.54. The Kier molecular flexibility index (Phi) is 3.09. The van der Waals surface area contributed by atoms with Crippen LogP contribution < -0.4 is 4.74 Å². The molecule has 0 aliphatic carbocycles. The summed E-state index contributed by atoms with van der Waals surface area (Å²) in [4.78, 5) is 12.4. The summed E-state index contributed by atoms with van der Waals surface area (Å²) in [5.74, 6) is 1.50. The Labute approximate surface area is 113 Å². The fraction of sp³-hybridized carbons (Fsp3) is 0.533. The molecule has 2 aliphatic rings. The first-order valence-electron chi connectivity index (χ1n) is 6.91. The molecule has 0 saturated carbocycles. The molecule has 1 unspecified atom stereocenters. The fourth-order valence-corrected chi connectivity index (χ4v) is 3.10. The van der Waals surface area contributed by atoms with Gasteiger partial charge in [0.15, 0.2) is 0 Å². The Balaban J connectivity index is 1.71. The Hall–Kier alpha value is -1.71. The van der Waals surface area contributed by atoms with Gasteiger partial charge in [-0.1, -0.05) is 12.1 Å². The number of benzene rings is 1. The number of fused-ring (bicyclic) bond motifs is 1. The van der Waals surface area contributed by atoms with Crippen LogP contribution >= 0.6 is 0 Å². The van der Waals surface area contributed by atoms with E-state index in [4.69, 9.17) is 9.84 Å². The van der Waals surface area contributed by atoms with Gasteiger partial charge in [-0.25, -0.2) is 4.79 Å². The first kappa shape index (κ1) is 12.3. The number of amides is 1. The van der Waals surface area contributed by atoms with Crippen molar-refractivity contribution in [1.29, 1.82) is 0 Å². The summed E-state index contributed by atoms with van der Waals surface area (Å²) in [7, 11) is 0. The minimum Gasteiger partial charge on any atom is -0.490 e. The van der Waals surface area contributed by atoms with Crippen LogP contribution in [0.15, 0.2) is 18.2 Å². The molecule has 1 amide bonds. The molecular weight excluding hydrogens is 242 g/mol. The van der Waals surface area contributed by atoms with E-state index < -0.39 is 6.09 Å². The molecule has 19 heavy (non-hydrogen) atoms. The van der Waals surface area contributed by atoms with Crippen LogP contribution in [0.3, 0.4) is 0 Å². The Bertz CT molecular complexity index is 492. The maximum atomic E-state index is 10.9. The molecule has 0 spiro atoms. The topological polar surface area (TPSA) is 49.8 Å². The molecule has 4 heteroatoms. The summed E-state index contributed by atoms with van der Waals surface area (Å²) in [5.41, 5.74) is 2.63. The van der Waals surface area contributed by atoms with E-state index in [2.05, 4.69) is 25.1 Å². The number of carbonyl (C=O) groups is 1. The lowest BCUT2D eigenvalue weighted by molar-refractivity contribution is 0.132. The van der Waals surface area contributed by atoms with Crippen molar-refractivity contribution in [2.24, 2.45) is 0 Å². The lowest BCUT2D eigenvalue weighted by Gasteiger charge is -2.30. The third-order valence-electron chi connectivity index (χ3n) is 4.16. The molecule has 0 bridgehead atoms. The van der Waals surface area contributed by atoms with Crippen LogP contribution in [0.4, 0.5) is 4.79 Å². The molecule has 3 rings (SSSR count). The third-order valence-corrected chi connectivity index (χ3v) is 4.16. The number of rotatable bonds is 1. The van der Waals surface area contributed by atoms with Crippen molar-refractivity contribution in [3.05, 3.63) is 29.3 Å². The normalized spacial score (nSPS) is 23.0. The fourth-order valence-electron chi connectivity index (χ4n) is 3.10. The summed E-state index contributed by atoms with van der Waals surface area (Å²) >= 11 is 0. The van der Waals surface area contributed by atoms with Crippen molar-refractivity contribution in [2.75, 3.05) is 13.1 Å². The Morgan fingerprint density at radius 3 is 2.79 bits per heavy atom. The predicted octanol–water partition coefficient (Wildman–Crippen LogP) is 2.87. The molecule has 1 atom stereocenters. The van der Waals surface area contributed by atoms with Gasteiger partial charge in [0.25, 0.3) is 0 Å². The van der Waals surface area contributed by atoms with Crippen molar-refractivity contribution in [3.8, 4) is 5.75 Å². The third kappa shape index (κ3) is 2.39. The second-order valence-corrected chi connectivity index (χ2v) is 5.54. The Morgan fingerprint density at radius 2 is 2.11 bits per heavy atom. The van der Waals surface area contributed by atoms with E-state index >= 15 is 0 Å². The molecule has 4 nitrogen and oxygen atoms in total. The van der Waals surface area contributed by atoms with Crippen LogP contribution in [0.1, 0.15) is 36.8 Å². The van der Waals surface area contributed by atoms with Crippen molar-refractivity contribution >= 4 is 6.09 Å². The van der Waals surface area contributed by atoms with Gasteiger partial charge < -0.3 is 14.7 Å². The molecule has 1 saturated heterocycles. The summed E-state index contributed by atoms with van der Waals surface area (Å²) in [5, 5.41) is 8.96. The zero-order valence-electron chi connectivity index (χ0n) is 11.1. The number of ether oxygens (including phenoxy) is 1. The number of piperidine rings is 1. The highest BCUT2D eigenvalue weighted by Gasteiger charge is 2.25. The van der Waals surface area contributed by atoms with Gasteiger partial charge in [-0.15, -0.1) is 0 Å². The average Bonchev–Trinajstić information content (AvgIpc) is 2.77. The van der Waals surface area contributed by atoms with Crippen molar-refractivity contribution < 1.29 is 14.6 Å². The average molecular weight is 261 g/mol. The van der Waals surface area contributed by atoms with Gasteiger partial charge in [0.1, 0.15) is 11.9 Å². The highest BCUT2D eigenvalue weighted by molar-refractivity contribution is 5.65. The lowest BCUT2D eigenvalue weighted by Crippen LogP contribution is -2.36. The predicted molar refractivity (Wildman–Crippen MR) is 71.8 cm³/mol. The number of hydrogen-bond donors (Lipinski definition) is 1. The number of hydrogen-bond acceptors (Lipinski definition) is 2. The van der Waals surface area contributed by atoms with Crippen molar-refractivity contribution in [2.45, 2.75) is 38.2 Å². The number of nitrogens with zero attached hydrogens (tertiary/aromatic N) is 1. The van der Waals surface area contributed by atoms with E-state index in [1.807, 2.05) is 0 Å². The minimum absolute atomic E-state index is 0.277. The van der Waals surface area contributed by atoms with Gasteiger partial charge in [-0.05, 0) is 42.9 Å². The van der Waals surface area contributed by atoms with E-state index in [0.717, 1.165) is 25.0 Å². The molecule has 1 aromatic rings. The van der Waals surface area contributed by atoms with Gasteiger partial charge in [-0.3, -0.25) is 0 Å². The van der Waals surface area contributed by atoms with Crippen LogP contribution in [-0.2, 0) is 6.42 Å². The molecule has 1 aromatic carbocycles. The summed E-state index contributed by atoms with van der Waals surface area (Å²) in [6.07, 6.45) is 2.30. The molecule has 2 heterocycles. The smallest absolute Gasteiger partial charge is 0.407 e. The van der Waals surface area contributed by atoms with E-state index in [9.17, 15) is 4.79 Å². The van der Waals surface area contributed by atoms with Gasteiger partial charge in [0.2, 0.25) is 0 Å². The zero-order chi connectivity index (χ0) is 13.4. The highest BCUT2D eigenvalue weighted by atomic mass is 16.5. The molecule has 0 radical (unpaired) electrons. The van der Waals surface area contributed by atoms with Gasteiger partial charge in [-0.2, -0.15) is 0 Å². The van der Waals surface area contributed by atoms with E-state index in [-0.39, 0.29) is 6.10 Å². The van der Waals surface area contributed by atoms with Crippen molar-refractivity contribution in [1.82, 2.24) is 4.90 Å². The first-order chi connectivity index (χ1) is 9.13. The standard InChI is InChI=1S/C15H19NO3/c1-10-8-13-9-12(2-3-14(13)19-10)11-4-6-16(7-5-11)15(17)18/h2-3,9-11H,4-8H2,1H3,(H,17,18). The maximum absolute atomic E-state index is 10.9. The van der Waals surface area contributed by atoms with Gasteiger partial charge in [0.05, 0.1) is 0 Å². The zero-order valence-corrected chi connectivity index (χ0v) is 11.1. The lowest BCUT2D eigenvalue weighted by atomic mass is 9.88. The largest absolute Gasteiger partial charge is 0.490 e. The molecule has 102 valence electrons. The van der Waals surface area contributed by atoms with E-state index in [1.54, 1.807) is 0 Å². The summed E-state index contributed by atoms with van der Waals surface area (Å²) < 4.78 is 5.71. The van der Waals surface area contributed by atoms with Crippen LogP contribution in [0.2, 0.25) is 0 Å². The number of likely N-dealkylation sites (tertiary alicyclic amines) is 1. The second kappa shape index (κ2) is 4.76. The molecule has 1 fully saturated rings. The van der Waals surface area contributed by atoms with Gasteiger partial charge in [0, 0.05) is 19.5 Å². The summed E-state index contributed by atoms with van der Waals surface area (Å²) in [6, 6.07) is 6.45. The first-order valence-corrected chi connectivity index (χ1v) is 6.91. The highest BCUT2D eigenvalue weighted by Crippen LogP contribution is 2.34. The summed E-state index contributed by atoms with van der Waals surface area (Å²) in [6.45, 7) is 3.37.